The highest BCUT2D eigenvalue weighted by atomic mass is 16.3. The van der Waals surface area contributed by atoms with Gasteiger partial charge in [0.25, 0.3) is 0 Å². The highest BCUT2D eigenvalue weighted by Crippen LogP contribution is 1.98. The summed E-state index contributed by atoms with van der Waals surface area (Å²) in [4.78, 5) is 0. The summed E-state index contributed by atoms with van der Waals surface area (Å²) in [6, 6.07) is 0. The fourth-order valence-electron chi connectivity index (χ4n) is 0. The molecule has 0 spiro atoms. The van der Waals surface area contributed by atoms with E-state index in [1.807, 2.05) is 0 Å². The van der Waals surface area contributed by atoms with Gasteiger partial charge in [-0.3, -0.25) is 0 Å². The quantitative estimate of drug-likeness (QED) is 0.548. The Morgan fingerprint density at radius 3 is 1.50 bits per heavy atom. The van der Waals surface area contributed by atoms with Crippen molar-refractivity contribution in [2.24, 2.45) is 0 Å². The van der Waals surface area contributed by atoms with Crippen LogP contribution in [0.4, 0.5) is 0 Å². The largest absolute Gasteiger partial charge is 0.394 e. The van der Waals surface area contributed by atoms with E-state index in [4.69, 9.17) is 10.2 Å². The Morgan fingerprint density at radius 1 is 1.40 bits per heavy atom. The second-order valence-corrected chi connectivity index (χ2v) is 2.95. The van der Waals surface area contributed by atoms with Gasteiger partial charge in [-0.15, -0.1) is 6.58 Å². The molecular weight excluding hydrogens is 128 g/mol. The van der Waals surface area contributed by atoms with Crippen molar-refractivity contribution in [2.75, 3.05) is 0 Å². The third-order valence-corrected chi connectivity index (χ3v) is 0.500. The van der Waals surface area contributed by atoms with Crippen molar-refractivity contribution >= 4 is 0 Å². The van der Waals surface area contributed by atoms with Gasteiger partial charge in [-0.05, 0) is 27.7 Å². The summed E-state index contributed by atoms with van der Waals surface area (Å²) in [5.74, 6) is 0. The van der Waals surface area contributed by atoms with E-state index < -0.39 is 5.60 Å². The van der Waals surface area contributed by atoms with Gasteiger partial charge in [-0.2, -0.15) is 0 Å². The molecule has 0 bridgehead atoms. The van der Waals surface area contributed by atoms with Crippen LogP contribution in [0, 0.1) is 0 Å². The summed E-state index contributed by atoms with van der Waals surface area (Å²) >= 11 is 0. The maximum absolute atomic E-state index is 8.71. The van der Waals surface area contributed by atoms with E-state index in [-0.39, 0.29) is 6.10 Å². The molecule has 62 valence electrons. The van der Waals surface area contributed by atoms with Crippen LogP contribution in [-0.4, -0.2) is 21.9 Å². The van der Waals surface area contributed by atoms with E-state index in [1.165, 1.54) is 6.08 Å². The summed E-state index contributed by atoms with van der Waals surface area (Å²) in [6.07, 6.45) is 1.33. The molecule has 0 aliphatic heterocycles. The minimum atomic E-state index is -0.694. The monoisotopic (exact) mass is 146 g/mol. The average molecular weight is 146 g/mol. The molecule has 0 amide bonds. The van der Waals surface area contributed by atoms with Crippen LogP contribution in [0.2, 0.25) is 0 Å². The molecule has 0 heterocycles. The Morgan fingerprint density at radius 2 is 1.50 bits per heavy atom. The number of hydrogen-bond acceptors (Lipinski definition) is 2. The molecule has 0 aromatic heterocycles. The molecule has 0 saturated carbocycles. The lowest BCUT2D eigenvalue weighted by atomic mass is 10.1. The van der Waals surface area contributed by atoms with Crippen molar-refractivity contribution in [3.05, 3.63) is 12.7 Å². The molecule has 10 heavy (non-hydrogen) atoms. The zero-order chi connectivity index (χ0) is 8.78. The van der Waals surface area contributed by atoms with Crippen LogP contribution >= 0.6 is 0 Å². The second kappa shape index (κ2) is 5.45. The number of rotatable bonds is 1. The van der Waals surface area contributed by atoms with Gasteiger partial charge in [0.2, 0.25) is 0 Å². The van der Waals surface area contributed by atoms with Crippen LogP contribution in [0.3, 0.4) is 0 Å². The predicted octanol–water partition coefficient (Wildman–Crippen LogP) is 1.33. The van der Waals surface area contributed by atoms with Gasteiger partial charge in [-0.1, -0.05) is 6.08 Å². The first-order valence-corrected chi connectivity index (χ1v) is 3.33. The van der Waals surface area contributed by atoms with Gasteiger partial charge in [0.1, 0.15) is 0 Å². The van der Waals surface area contributed by atoms with Crippen LogP contribution in [0.25, 0.3) is 0 Å². The van der Waals surface area contributed by atoms with Crippen molar-refractivity contribution in [3.63, 3.8) is 0 Å². The standard InChI is InChI=1S/C5H10O.C3H8O/c1-4-5(2,3)6;1-3(2)4/h4,6H,1H2,2-3H3;3-4H,1-2H3. The maximum Gasteiger partial charge on any atom is 0.0769 e. The molecule has 0 rings (SSSR count). The van der Waals surface area contributed by atoms with Crippen LogP contribution in [0.5, 0.6) is 0 Å². The smallest absolute Gasteiger partial charge is 0.0769 e. The molecule has 0 aliphatic rings. The summed E-state index contributed by atoms with van der Waals surface area (Å²) in [5, 5.41) is 16.8. The number of aliphatic hydroxyl groups is 2. The van der Waals surface area contributed by atoms with Crippen molar-refractivity contribution in [1.82, 2.24) is 0 Å². The second-order valence-electron chi connectivity index (χ2n) is 2.95. The first-order chi connectivity index (χ1) is 4.29. The van der Waals surface area contributed by atoms with Gasteiger partial charge >= 0.3 is 0 Å². The van der Waals surface area contributed by atoms with Gasteiger partial charge in [0, 0.05) is 6.10 Å². The zero-order valence-electron chi connectivity index (χ0n) is 7.26. The summed E-state index contributed by atoms with van der Waals surface area (Å²) in [7, 11) is 0. The Bertz CT molecular complexity index is 77.0. The lowest BCUT2D eigenvalue weighted by molar-refractivity contribution is 0.133. The third kappa shape index (κ3) is 48.0. The van der Waals surface area contributed by atoms with E-state index in [1.54, 1.807) is 27.7 Å². The lowest BCUT2D eigenvalue weighted by Crippen LogP contribution is -2.12. The maximum atomic E-state index is 8.71. The fourth-order valence-corrected chi connectivity index (χ4v) is 0. The summed E-state index contributed by atoms with van der Waals surface area (Å²) in [6.45, 7) is 10.2. The van der Waals surface area contributed by atoms with Gasteiger partial charge in [0.05, 0.1) is 5.60 Å². The van der Waals surface area contributed by atoms with Crippen LogP contribution in [0.15, 0.2) is 12.7 Å². The van der Waals surface area contributed by atoms with Gasteiger partial charge < -0.3 is 10.2 Å². The van der Waals surface area contributed by atoms with E-state index in [2.05, 4.69) is 6.58 Å². The molecule has 0 fully saturated rings. The van der Waals surface area contributed by atoms with Gasteiger partial charge in [0.15, 0.2) is 0 Å². The molecule has 0 aliphatic carbocycles. The predicted molar refractivity (Wildman–Crippen MR) is 43.8 cm³/mol. The van der Waals surface area contributed by atoms with E-state index >= 15 is 0 Å². The molecule has 0 radical (unpaired) electrons. The molecule has 0 unspecified atom stereocenters. The van der Waals surface area contributed by atoms with Crippen LogP contribution < -0.4 is 0 Å². The van der Waals surface area contributed by atoms with Crippen molar-refractivity contribution in [2.45, 2.75) is 39.4 Å². The normalized spacial score (nSPS) is 10.3. The van der Waals surface area contributed by atoms with Crippen molar-refractivity contribution < 1.29 is 10.2 Å². The SMILES string of the molecule is C=CC(C)(C)O.CC(C)O. The van der Waals surface area contributed by atoms with Crippen molar-refractivity contribution in [1.29, 1.82) is 0 Å². The molecule has 0 saturated heterocycles. The highest BCUT2D eigenvalue weighted by molar-refractivity contribution is 4.86. The number of aliphatic hydroxyl groups excluding tert-OH is 1. The highest BCUT2D eigenvalue weighted by Gasteiger charge is 2.02. The average Bonchev–Trinajstić information content (AvgIpc) is 1.63. The summed E-state index contributed by atoms with van der Waals surface area (Å²) in [5.41, 5.74) is -0.694. The molecule has 2 nitrogen and oxygen atoms in total. The first kappa shape index (κ1) is 12.3. The summed E-state index contributed by atoms with van der Waals surface area (Å²) < 4.78 is 0. The minimum Gasteiger partial charge on any atom is -0.394 e. The topological polar surface area (TPSA) is 40.5 Å². The van der Waals surface area contributed by atoms with E-state index in [9.17, 15) is 0 Å². The van der Waals surface area contributed by atoms with Gasteiger partial charge in [-0.25, -0.2) is 0 Å². The first-order valence-electron chi connectivity index (χ1n) is 3.33. The Balaban J connectivity index is 0. The van der Waals surface area contributed by atoms with Crippen LogP contribution in [0.1, 0.15) is 27.7 Å². The third-order valence-electron chi connectivity index (χ3n) is 0.500. The Kier molecular flexibility index (Phi) is 6.72. The van der Waals surface area contributed by atoms with E-state index in [0.717, 1.165) is 0 Å². The zero-order valence-corrected chi connectivity index (χ0v) is 7.26. The van der Waals surface area contributed by atoms with Crippen molar-refractivity contribution in [3.8, 4) is 0 Å². The Labute approximate surface area is 63.2 Å². The molecule has 2 heteroatoms. The number of hydrogen-bond donors (Lipinski definition) is 2. The molecule has 0 aromatic rings. The lowest BCUT2D eigenvalue weighted by Gasteiger charge is -2.07. The molecule has 0 aromatic carbocycles. The Hall–Kier alpha value is -0.340. The minimum absolute atomic E-state index is 0.167. The molecule has 2 N–H and O–H groups in total. The molecular formula is C8H18O2. The fraction of sp³-hybridized carbons (Fsp3) is 0.750. The van der Waals surface area contributed by atoms with Crippen LogP contribution in [-0.2, 0) is 0 Å². The van der Waals surface area contributed by atoms with E-state index in [0.29, 0.717) is 0 Å². The molecule has 0 atom stereocenters.